The minimum atomic E-state index is -5.78. The van der Waals surface area contributed by atoms with Crippen molar-refractivity contribution in [1.82, 2.24) is 25.5 Å². The van der Waals surface area contributed by atoms with E-state index in [1.54, 1.807) is 76.2 Å². The summed E-state index contributed by atoms with van der Waals surface area (Å²) >= 11 is 5.33. The van der Waals surface area contributed by atoms with Gasteiger partial charge in [0.2, 0.25) is 0 Å². The van der Waals surface area contributed by atoms with Crippen molar-refractivity contribution in [3.05, 3.63) is 99.9 Å². The van der Waals surface area contributed by atoms with Gasteiger partial charge in [0, 0.05) is 78.1 Å². The van der Waals surface area contributed by atoms with Crippen molar-refractivity contribution in [2.24, 2.45) is 0 Å². The van der Waals surface area contributed by atoms with Crippen LogP contribution in [0.5, 0.6) is 0 Å². The zero-order valence-corrected chi connectivity index (χ0v) is 47.9. The van der Waals surface area contributed by atoms with Crippen LogP contribution >= 0.6 is 45.1 Å². The monoisotopic (exact) mass is 1230 g/mol. The number of hydrogen-bond donors (Lipinski definition) is 11. The number of nitrogens with one attached hydrogen (secondary N) is 4. The van der Waals surface area contributed by atoms with Gasteiger partial charge in [-0.05, 0) is 83.7 Å². The van der Waals surface area contributed by atoms with Crippen LogP contribution in [0.1, 0.15) is 60.3 Å². The molecule has 0 saturated carbocycles. The van der Waals surface area contributed by atoms with Crippen LogP contribution in [0.25, 0.3) is 39.1 Å². The molecule has 3 heterocycles. The molecule has 0 radical (unpaired) electrons. The predicted molar refractivity (Wildman–Crippen MR) is 302 cm³/mol. The van der Waals surface area contributed by atoms with Crippen LogP contribution in [0.15, 0.2) is 76.6 Å². The van der Waals surface area contributed by atoms with Crippen LogP contribution in [0, 0.1) is 17.3 Å². The van der Waals surface area contributed by atoms with Crippen molar-refractivity contribution in [1.29, 1.82) is 5.41 Å². The molecule has 6 atom stereocenters. The number of rotatable bonds is 29. The summed E-state index contributed by atoms with van der Waals surface area (Å²) in [7, 11) is -14.4. The molecule has 428 valence electrons. The zero-order valence-electron chi connectivity index (χ0n) is 42.0. The second kappa shape index (κ2) is 29.1. The number of unbranched alkanes of at least 4 members (excludes halogenated alkanes) is 2. The average molecular weight is 1230 g/mol. The number of carboxylic acids is 1. The Kier molecular flexibility index (Phi) is 23.3. The summed E-state index contributed by atoms with van der Waals surface area (Å²) in [5.41, 5.74) is 15.4. The first-order valence-electron chi connectivity index (χ1n) is 23.7. The highest BCUT2D eigenvalue weighted by Gasteiger charge is 2.44. The van der Waals surface area contributed by atoms with Crippen LogP contribution in [0.4, 0.5) is 16.3 Å². The van der Waals surface area contributed by atoms with Crippen LogP contribution in [-0.2, 0) is 61.7 Å². The van der Waals surface area contributed by atoms with Gasteiger partial charge >= 0.3 is 41.2 Å². The maximum Gasteiger partial charge on any atom is 0.490 e. The topological polar surface area (TPSA) is 402 Å². The fourth-order valence-electron chi connectivity index (χ4n) is 7.59. The highest BCUT2D eigenvalue weighted by Crippen LogP contribution is 2.66. The number of ether oxygens (including phenoxy) is 3. The lowest BCUT2D eigenvalue weighted by Gasteiger charge is -2.21. The molecule has 3 aromatic rings. The molecule has 1 aromatic heterocycles. The van der Waals surface area contributed by atoms with Crippen molar-refractivity contribution in [2.45, 2.75) is 51.0 Å². The Balaban J connectivity index is 0.870. The first-order chi connectivity index (χ1) is 37.4. The molecule has 2 amide bonds. The van der Waals surface area contributed by atoms with E-state index in [4.69, 9.17) is 61.0 Å². The van der Waals surface area contributed by atoms with E-state index < -0.39 is 75.7 Å². The third-order valence-electron chi connectivity index (χ3n) is 11.2. The fraction of sp³-hybridized carbons (Fsp3) is 0.370. The number of carbonyl (C=O) groups excluding carboxylic acids is 1. The molecule has 2 aromatic carbocycles. The van der Waals surface area contributed by atoms with Crippen LogP contribution in [0.3, 0.4) is 0 Å². The van der Waals surface area contributed by atoms with Gasteiger partial charge in [0.05, 0.1) is 41.7 Å². The highest BCUT2D eigenvalue weighted by molar-refractivity contribution is 8.76. The fourth-order valence-corrected chi connectivity index (χ4v) is 12.8. The molecule has 2 aliphatic heterocycles. The Morgan fingerprint density at radius 2 is 1.77 bits per heavy atom. The molecule has 3 aliphatic rings. The number of fused-ring (bicyclic) bond motifs is 2. The van der Waals surface area contributed by atoms with E-state index in [1.807, 2.05) is 6.92 Å². The van der Waals surface area contributed by atoms with Crippen LogP contribution < -0.4 is 38.5 Å². The number of phosphoric ester groups is 1. The minimum Gasteiger partial charge on any atom is -0.478 e. The van der Waals surface area contributed by atoms with E-state index in [2.05, 4.69) is 48.0 Å². The number of nitrogens with two attached hydrogens (primary N) is 2. The van der Waals surface area contributed by atoms with Crippen molar-refractivity contribution in [3.63, 3.8) is 0 Å². The third-order valence-corrected chi connectivity index (χ3v) is 19.1. The van der Waals surface area contributed by atoms with Crippen molar-refractivity contribution >= 4 is 106 Å². The predicted octanol–water partition coefficient (Wildman–Crippen LogP) is 5.61. The quantitative estimate of drug-likeness (QED) is 0.00526. The first kappa shape index (κ1) is 63.2. The number of phosphoric acid groups is 3. The Hall–Kier alpha value is -4.99. The smallest absolute Gasteiger partial charge is 0.478 e. The summed E-state index contributed by atoms with van der Waals surface area (Å²) in [6, 6.07) is 14.8. The summed E-state index contributed by atoms with van der Waals surface area (Å²) in [6.07, 6.45) is 0.208. The molecule has 33 heteroatoms. The number of nitrogen functional groups attached to an aromatic ring is 2. The molecule has 26 nitrogen and oxygen atoms in total. The van der Waals surface area contributed by atoms with Gasteiger partial charge < -0.3 is 76.1 Å². The summed E-state index contributed by atoms with van der Waals surface area (Å²) in [4.78, 5) is 78.7. The Labute approximate surface area is 467 Å². The molecule has 6 rings (SSSR count). The average Bonchev–Trinajstić information content (AvgIpc) is 3.86. The Morgan fingerprint density at radius 3 is 2.52 bits per heavy atom. The van der Waals surface area contributed by atoms with Gasteiger partial charge in [0.15, 0.2) is 0 Å². The number of anilines is 2. The van der Waals surface area contributed by atoms with Crippen LogP contribution in [-0.4, -0.2) is 115 Å². The summed E-state index contributed by atoms with van der Waals surface area (Å²) in [5.74, 6) is 6.44. The lowest BCUT2D eigenvalue weighted by atomic mass is 9.89. The van der Waals surface area contributed by atoms with Gasteiger partial charge in [-0.3, -0.25) is 9.09 Å². The molecular formula is C46H57N8O18P3S4. The van der Waals surface area contributed by atoms with Gasteiger partial charge in [-0.2, -0.15) is 13.6 Å². The van der Waals surface area contributed by atoms with E-state index in [1.165, 1.54) is 6.20 Å². The van der Waals surface area contributed by atoms with Crippen molar-refractivity contribution in [3.8, 4) is 34.3 Å². The zero-order chi connectivity index (χ0) is 57.5. The second-order valence-corrected chi connectivity index (χ2v) is 26.9. The van der Waals surface area contributed by atoms with Gasteiger partial charge in [-0.15, -0.1) is 0 Å². The highest BCUT2D eigenvalue weighted by atomic mass is 33.1. The number of aromatic nitrogens is 2. The summed E-state index contributed by atoms with van der Waals surface area (Å²) in [6.45, 7) is 6.62. The number of urea groups is 1. The Bertz CT molecular complexity index is 3360. The van der Waals surface area contributed by atoms with Gasteiger partial charge in [0.25, 0.3) is 0 Å². The van der Waals surface area contributed by atoms with Gasteiger partial charge in [-0.1, -0.05) is 62.5 Å². The molecule has 0 bridgehead atoms. The molecule has 79 heavy (non-hydrogen) atoms. The maximum atomic E-state index is 12.9. The molecule has 1 aliphatic carbocycles. The van der Waals surface area contributed by atoms with E-state index in [0.29, 0.717) is 88.2 Å². The molecule has 0 spiro atoms. The molecular weight excluding hydrogens is 1170 g/mol. The number of carboxylic acid groups (broad SMARTS) is 1. The Morgan fingerprint density at radius 1 is 0.987 bits per heavy atom. The number of hydrogen-bond acceptors (Lipinski definition) is 21. The number of nitrogens with zero attached hydrogens (tertiary/aromatic N) is 2. The largest absolute Gasteiger partial charge is 0.490 e. The SMILES string of the molecule is C=C(NCCSSCOCCCCCNC(=O)NCC#Cc1cn([C@H]2CC(OCS(=S)CC)[C@@H](COP(=O)(O)OP(=O)(O)OP(=O)(O)O)O2)c(=O)nc1N)c1ccc(C(=O)O)c(-c2c3ccc(=N)cc-3oc3cc(N)ccc23)c1. The minimum absolute atomic E-state index is 0.0526. The normalized spacial score (nSPS) is 17.3. The van der Waals surface area contributed by atoms with Gasteiger partial charge in [-0.25, -0.2) is 28.1 Å². The number of carbonyl (C=O) groups is 2. The second-order valence-electron chi connectivity index (χ2n) is 16.9. The lowest BCUT2D eigenvalue weighted by Crippen LogP contribution is -2.36. The first-order valence-corrected chi connectivity index (χ1v) is 33.2. The van der Waals surface area contributed by atoms with Gasteiger partial charge in [0.1, 0.15) is 35.4 Å². The standard InChI is InChI=1S/C46H57N8O18P3S4/c1-3-79(76)27-67-39-23-41(70-40(39)25-68-74(62,63)72-75(64,65)71-73(59,60)61)54-24-30(43(49)53-46(54)58)8-7-16-52-45(57)51-15-5-4-6-18-66-26-78-77-19-17-50-28(2)29-9-12-33(44(55)56)36(20-29)42-34-13-10-31(47)21-37(34)69-38-22-32(48)11-14-35(38)42/h9-14,20-22,24,39-41,47,50H,2-6,15-19,23,25-27,48H2,1H3,(H,55,56)(H,62,63)(H,64,65)(H2,49,53,58)(H2,51,52,57)(H2,59,60,61)/t39?,40-,41-,79?/m1/s1. The van der Waals surface area contributed by atoms with E-state index in [0.717, 1.165) is 23.2 Å². The number of amides is 2. The molecule has 4 unspecified atom stereocenters. The summed E-state index contributed by atoms with van der Waals surface area (Å²) < 4.78 is 72.1. The van der Waals surface area contributed by atoms with Crippen molar-refractivity contribution < 1.29 is 79.7 Å². The summed E-state index contributed by atoms with van der Waals surface area (Å²) in [5, 5.41) is 27.9. The number of benzene rings is 3. The molecule has 1 saturated heterocycles. The third kappa shape index (κ3) is 19.3. The number of aromatic carboxylic acids is 1. The van der Waals surface area contributed by atoms with E-state index in [9.17, 15) is 43.0 Å². The van der Waals surface area contributed by atoms with Crippen LogP contribution in [0.2, 0.25) is 0 Å². The maximum absolute atomic E-state index is 12.9. The molecule has 13 N–H and O–H groups in total. The molecule has 1 fully saturated rings. The van der Waals surface area contributed by atoms with E-state index >= 15 is 0 Å². The van der Waals surface area contributed by atoms with E-state index in [-0.39, 0.29) is 41.2 Å². The van der Waals surface area contributed by atoms with Crippen molar-refractivity contribution in [2.75, 3.05) is 67.7 Å². The lowest BCUT2D eigenvalue weighted by molar-refractivity contribution is -0.0544.